The summed E-state index contributed by atoms with van der Waals surface area (Å²) >= 11 is 1.12. The van der Waals surface area contributed by atoms with Crippen LogP contribution in [0.25, 0.3) is 11.0 Å². The van der Waals surface area contributed by atoms with Gasteiger partial charge in [0.2, 0.25) is 0 Å². The van der Waals surface area contributed by atoms with Crippen molar-refractivity contribution in [1.29, 1.82) is 0 Å². The smallest absolute Gasteiger partial charge is 0.313 e. The Labute approximate surface area is 119 Å². The van der Waals surface area contributed by atoms with Crippen LogP contribution in [0.1, 0.15) is 5.56 Å². The number of hydrogen-bond donors (Lipinski definition) is 1. The van der Waals surface area contributed by atoms with Crippen molar-refractivity contribution >= 4 is 28.8 Å². The molecule has 108 valence electrons. The van der Waals surface area contributed by atoms with Gasteiger partial charge < -0.3 is 14.4 Å². The van der Waals surface area contributed by atoms with E-state index in [-0.39, 0.29) is 11.6 Å². The predicted molar refractivity (Wildman–Crippen MR) is 74.7 cm³/mol. The van der Waals surface area contributed by atoms with Gasteiger partial charge in [-0.25, -0.2) is 9.37 Å². The van der Waals surface area contributed by atoms with E-state index in [1.807, 2.05) is 4.57 Å². The largest absolute Gasteiger partial charge is 0.481 e. The molecule has 1 aromatic carbocycles. The van der Waals surface area contributed by atoms with E-state index in [1.54, 1.807) is 20.1 Å². The van der Waals surface area contributed by atoms with E-state index < -0.39 is 5.97 Å². The maximum absolute atomic E-state index is 13.6. The van der Waals surface area contributed by atoms with E-state index in [4.69, 9.17) is 9.84 Å². The van der Waals surface area contributed by atoms with Crippen molar-refractivity contribution in [2.75, 3.05) is 19.5 Å². The number of imidazole rings is 1. The van der Waals surface area contributed by atoms with Crippen LogP contribution in [0.5, 0.6) is 0 Å². The van der Waals surface area contributed by atoms with Crippen LogP contribution in [0.2, 0.25) is 0 Å². The number of aryl methyl sites for hydroxylation is 1. The summed E-state index contributed by atoms with van der Waals surface area (Å²) in [5.74, 6) is -1.32. The molecular formula is C13H15FN2O3S. The van der Waals surface area contributed by atoms with Gasteiger partial charge in [0.1, 0.15) is 5.82 Å². The highest BCUT2D eigenvalue weighted by molar-refractivity contribution is 7.99. The molecule has 0 aliphatic rings. The molecule has 1 N–H and O–H groups in total. The van der Waals surface area contributed by atoms with Crippen molar-refractivity contribution in [3.63, 3.8) is 0 Å². The van der Waals surface area contributed by atoms with Gasteiger partial charge in [-0.05, 0) is 18.6 Å². The molecule has 2 rings (SSSR count). The number of rotatable bonds is 6. The van der Waals surface area contributed by atoms with Crippen LogP contribution < -0.4 is 0 Å². The number of carboxylic acids is 1. The average Bonchev–Trinajstić information content (AvgIpc) is 2.72. The third-order valence-electron chi connectivity index (χ3n) is 2.84. The van der Waals surface area contributed by atoms with Gasteiger partial charge in [-0.1, -0.05) is 11.8 Å². The fourth-order valence-electron chi connectivity index (χ4n) is 1.86. The van der Waals surface area contributed by atoms with Gasteiger partial charge in [0.05, 0.1) is 23.4 Å². The topological polar surface area (TPSA) is 64.3 Å². The highest BCUT2D eigenvalue weighted by Gasteiger charge is 2.14. The minimum atomic E-state index is -0.914. The van der Waals surface area contributed by atoms with Crippen molar-refractivity contribution in [1.82, 2.24) is 9.55 Å². The normalized spacial score (nSPS) is 11.2. The highest BCUT2D eigenvalue weighted by Crippen LogP contribution is 2.26. The van der Waals surface area contributed by atoms with Crippen molar-refractivity contribution in [2.45, 2.75) is 18.6 Å². The zero-order valence-electron chi connectivity index (χ0n) is 11.2. The van der Waals surface area contributed by atoms with Crippen LogP contribution in [0, 0.1) is 12.7 Å². The van der Waals surface area contributed by atoms with E-state index >= 15 is 0 Å². The van der Waals surface area contributed by atoms with Crippen LogP contribution in [0.15, 0.2) is 17.3 Å². The number of methoxy groups -OCH3 is 1. The van der Waals surface area contributed by atoms with Gasteiger partial charge in [-0.15, -0.1) is 0 Å². The number of carbonyl (C=O) groups is 1. The van der Waals surface area contributed by atoms with Crippen molar-refractivity contribution in [3.8, 4) is 0 Å². The number of aliphatic carboxylic acids is 1. The second-order valence-corrected chi connectivity index (χ2v) is 5.25. The Morgan fingerprint density at radius 2 is 2.30 bits per heavy atom. The first kappa shape index (κ1) is 14.8. The van der Waals surface area contributed by atoms with E-state index in [0.29, 0.717) is 29.4 Å². The lowest BCUT2D eigenvalue weighted by Crippen LogP contribution is -2.07. The Balaban J connectivity index is 2.45. The first-order valence-electron chi connectivity index (χ1n) is 6.03. The summed E-state index contributed by atoms with van der Waals surface area (Å²) in [5, 5.41) is 9.32. The summed E-state index contributed by atoms with van der Waals surface area (Å²) in [6.45, 7) is 2.70. The van der Waals surface area contributed by atoms with Gasteiger partial charge in [0.15, 0.2) is 5.16 Å². The molecule has 0 fully saturated rings. The lowest BCUT2D eigenvalue weighted by molar-refractivity contribution is -0.133. The second-order valence-electron chi connectivity index (χ2n) is 4.31. The number of ether oxygens (including phenoxy) is 1. The van der Waals surface area contributed by atoms with Crippen LogP contribution in [0.4, 0.5) is 4.39 Å². The number of nitrogens with zero attached hydrogens (tertiary/aromatic N) is 2. The summed E-state index contributed by atoms with van der Waals surface area (Å²) in [4.78, 5) is 15.0. The van der Waals surface area contributed by atoms with E-state index in [9.17, 15) is 9.18 Å². The van der Waals surface area contributed by atoms with E-state index in [1.165, 1.54) is 6.07 Å². The molecular weight excluding hydrogens is 283 g/mol. The van der Waals surface area contributed by atoms with Gasteiger partial charge in [0.25, 0.3) is 0 Å². The Morgan fingerprint density at radius 1 is 1.55 bits per heavy atom. The number of aromatic nitrogens is 2. The monoisotopic (exact) mass is 298 g/mol. The lowest BCUT2D eigenvalue weighted by Gasteiger charge is -2.07. The molecule has 0 amide bonds. The Morgan fingerprint density at radius 3 is 2.95 bits per heavy atom. The first-order chi connectivity index (χ1) is 9.52. The summed E-state index contributed by atoms with van der Waals surface area (Å²) in [6, 6.07) is 3.09. The summed E-state index contributed by atoms with van der Waals surface area (Å²) in [6.07, 6.45) is 0. The number of fused-ring (bicyclic) bond motifs is 1. The molecule has 20 heavy (non-hydrogen) atoms. The van der Waals surface area contributed by atoms with Crippen molar-refractivity contribution in [3.05, 3.63) is 23.5 Å². The van der Waals surface area contributed by atoms with E-state index in [2.05, 4.69) is 4.98 Å². The number of thioether (sulfide) groups is 1. The van der Waals surface area contributed by atoms with Gasteiger partial charge in [0, 0.05) is 19.7 Å². The molecule has 5 nitrogen and oxygen atoms in total. The van der Waals surface area contributed by atoms with Gasteiger partial charge in [-0.2, -0.15) is 0 Å². The molecule has 1 aromatic heterocycles. The third kappa shape index (κ3) is 3.10. The molecule has 0 unspecified atom stereocenters. The molecule has 0 saturated heterocycles. The predicted octanol–water partition coefficient (Wildman–Crippen LogP) is 2.31. The quantitative estimate of drug-likeness (QED) is 0.829. The average molecular weight is 298 g/mol. The Bertz CT molecular complexity index is 642. The van der Waals surface area contributed by atoms with Crippen molar-refractivity contribution in [2.24, 2.45) is 0 Å². The molecule has 1 heterocycles. The molecule has 0 bridgehead atoms. The van der Waals surface area contributed by atoms with Crippen LogP contribution in [-0.2, 0) is 16.1 Å². The standard InChI is InChI=1S/C13H15FN2O3S/c1-8-5-11-10(6-9(8)14)15-13(20-7-12(17)18)16(11)3-4-19-2/h5-6H,3-4,7H2,1-2H3,(H,17,18). The minimum absolute atomic E-state index is 0.0855. The number of carboxylic acid groups (broad SMARTS) is 1. The van der Waals surface area contributed by atoms with Crippen LogP contribution in [0.3, 0.4) is 0 Å². The highest BCUT2D eigenvalue weighted by atomic mass is 32.2. The third-order valence-corrected chi connectivity index (χ3v) is 3.80. The number of halogens is 1. The molecule has 7 heteroatoms. The minimum Gasteiger partial charge on any atom is -0.481 e. The molecule has 0 aliphatic heterocycles. The molecule has 0 radical (unpaired) electrons. The second kappa shape index (κ2) is 6.23. The number of benzene rings is 1. The fraction of sp³-hybridized carbons (Fsp3) is 0.385. The molecule has 2 aromatic rings. The SMILES string of the molecule is COCCn1c(SCC(=O)O)nc2cc(F)c(C)cc21. The molecule has 0 atom stereocenters. The lowest BCUT2D eigenvalue weighted by atomic mass is 10.2. The summed E-state index contributed by atoms with van der Waals surface area (Å²) in [7, 11) is 1.59. The zero-order chi connectivity index (χ0) is 14.7. The van der Waals surface area contributed by atoms with Crippen molar-refractivity contribution < 1.29 is 19.0 Å². The molecule has 0 spiro atoms. The van der Waals surface area contributed by atoms with E-state index in [0.717, 1.165) is 17.3 Å². The van der Waals surface area contributed by atoms with Crippen LogP contribution >= 0.6 is 11.8 Å². The molecule has 0 aliphatic carbocycles. The Hall–Kier alpha value is -1.60. The first-order valence-corrected chi connectivity index (χ1v) is 7.01. The van der Waals surface area contributed by atoms with Crippen LogP contribution in [-0.4, -0.2) is 40.1 Å². The maximum atomic E-state index is 13.6. The van der Waals surface area contributed by atoms with Gasteiger partial charge >= 0.3 is 5.97 Å². The summed E-state index contributed by atoms with van der Waals surface area (Å²) < 4.78 is 20.5. The Kier molecular flexibility index (Phi) is 4.61. The van der Waals surface area contributed by atoms with Gasteiger partial charge in [-0.3, -0.25) is 4.79 Å². The fourth-order valence-corrected chi connectivity index (χ4v) is 2.62. The maximum Gasteiger partial charge on any atom is 0.313 e. The zero-order valence-corrected chi connectivity index (χ0v) is 12.0. The summed E-state index contributed by atoms with van der Waals surface area (Å²) in [5.41, 5.74) is 1.84. The molecule has 0 saturated carbocycles. The number of hydrogen-bond acceptors (Lipinski definition) is 4.